The lowest BCUT2D eigenvalue weighted by Gasteiger charge is -2.20. The molecule has 0 amide bonds. The quantitative estimate of drug-likeness (QED) is 0.657. The Hall–Kier alpha value is -0.660. The fourth-order valence-corrected chi connectivity index (χ4v) is 3.61. The SMILES string of the molecule is COC(=O)CS(=O)(=O)N1CC(CN)CC1C. The Morgan fingerprint density at radius 2 is 2.19 bits per heavy atom. The maximum Gasteiger partial charge on any atom is 0.322 e. The lowest BCUT2D eigenvalue weighted by atomic mass is 10.1. The predicted octanol–water partition coefficient (Wildman–Crippen LogP) is -0.842. The molecule has 0 bridgehead atoms. The van der Waals surface area contributed by atoms with Crippen LogP contribution in [0.5, 0.6) is 0 Å². The molecule has 16 heavy (non-hydrogen) atoms. The summed E-state index contributed by atoms with van der Waals surface area (Å²) in [5.74, 6) is -1.14. The standard InChI is InChI=1S/C9H18N2O4S/c1-7-3-8(4-10)5-11(7)16(13,14)6-9(12)15-2/h7-8H,3-6,10H2,1-2H3. The molecule has 7 heteroatoms. The van der Waals surface area contributed by atoms with Gasteiger partial charge >= 0.3 is 5.97 Å². The van der Waals surface area contributed by atoms with E-state index >= 15 is 0 Å². The van der Waals surface area contributed by atoms with E-state index in [-0.39, 0.29) is 12.0 Å². The fourth-order valence-electron chi connectivity index (χ4n) is 1.96. The molecule has 0 spiro atoms. The number of methoxy groups -OCH3 is 1. The van der Waals surface area contributed by atoms with E-state index in [0.717, 1.165) is 6.42 Å². The third kappa shape index (κ3) is 2.93. The summed E-state index contributed by atoms with van der Waals surface area (Å²) >= 11 is 0. The second-order valence-corrected chi connectivity index (χ2v) is 6.01. The van der Waals surface area contributed by atoms with E-state index in [1.54, 1.807) is 0 Å². The van der Waals surface area contributed by atoms with Crippen LogP contribution < -0.4 is 5.73 Å². The number of sulfonamides is 1. The monoisotopic (exact) mass is 250 g/mol. The summed E-state index contributed by atoms with van der Waals surface area (Å²) in [6.45, 7) is 2.69. The highest BCUT2D eigenvalue weighted by molar-refractivity contribution is 7.89. The first-order chi connectivity index (χ1) is 7.40. The van der Waals surface area contributed by atoms with Crippen LogP contribution in [0.15, 0.2) is 0 Å². The van der Waals surface area contributed by atoms with Crippen LogP contribution in [0, 0.1) is 5.92 Å². The molecule has 1 heterocycles. The fraction of sp³-hybridized carbons (Fsp3) is 0.889. The highest BCUT2D eigenvalue weighted by Crippen LogP contribution is 2.25. The second-order valence-electron chi connectivity index (χ2n) is 4.09. The Balaban J connectivity index is 2.73. The lowest BCUT2D eigenvalue weighted by molar-refractivity contribution is -0.137. The van der Waals surface area contributed by atoms with Crippen LogP contribution in [0.4, 0.5) is 0 Å². The number of ether oxygens (including phenoxy) is 1. The van der Waals surface area contributed by atoms with Gasteiger partial charge in [-0.25, -0.2) is 8.42 Å². The van der Waals surface area contributed by atoms with Gasteiger partial charge in [-0.15, -0.1) is 0 Å². The minimum absolute atomic E-state index is 0.0943. The Morgan fingerprint density at radius 3 is 2.62 bits per heavy atom. The molecule has 0 radical (unpaired) electrons. The number of rotatable bonds is 4. The molecule has 0 aromatic carbocycles. The van der Waals surface area contributed by atoms with Crippen LogP contribution in [0.3, 0.4) is 0 Å². The smallest absolute Gasteiger partial charge is 0.322 e. The molecular weight excluding hydrogens is 232 g/mol. The summed E-state index contributed by atoms with van der Waals surface area (Å²) in [5.41, 5.74) is 5.52. The molecule has 1 saturated heterocycles. The lowest BCUT2D eigenvalue weighted by Crippen LogP contribution is -2.38. The summed E-state index contributed by atoms with van der Waals surface area (Å²) in [5, 5.41) is 0. The highest BCUT2D eigenvalue weighted by atomic mass is 32.2. The average Bonchev–Trinajstić information content (AvgIpc) is 2.59. The van der Waals surface area contributed by atoms with Crippen molar-refractivity contribution < 1.29 is 17.9 Å². The van der Waals surface area contributed by atoms with Crippen molar-refractivity contribution in [2.24, 2.45) is 11.7 Å². The van der Waals surface area contributed by atoms with Crippen molar-refractivity contribution >= 4 is 16.0 Å². The third-order valence-corrected chi connectivity index (χ3v) is 4.65. The van der Waals surface area contributed by atoms with Gasteiger partial charge in [-0.2, -0.15) is 4.31 Å². The largest absolute Gasteiger partial charge is 0.468 e. The van der Waals surface area contributed by atoms with E-state index in [1.165, 1.54) is 11.4 Å². The molecule has 0 aromatic heterocycles. The molecule has 2 N–H and O–H groups in total. The van der Waals surface area contributed by atoms with Crippen LogP contribution in [-0.4, -0.2) is 50.7 Å². The minimum Gasteiger partial charge on any atom is -0.468 e. The van der Waals surface area contributed by atoms with Crippen LogP contribution >= 0.6 is 0 Å². The number of hydrogen-bond acceptors (Lipinski definition) is 5. The van der Waals surface area contributed by atoms with Crippen molar-refractivity contribution in [3.63, 3.8) is 0 Å². The zero-order valence-electron chi connectivity index (χ0n) is 9.55. The summed E-state index contributed by atoms with van der Waals surface area (Å²) in [6.07, 6.45) is 0.747. The van der Waals surface area contributed by atoms with Crippen molar-refractivity contribution in [1.82, 2.24) is 4.31 Å². The third-order valence-electron chi connectivity index (χ3n) is 2.82. The topological polar surface area (TPSA) is 89.7 Å². The first-order valence-electron chi connectivity index (χ1n) is 5.17. The number of nitrogens with zero attached hydrogens (tertiary/aromatic N) is 1. The van der Waals surface area contributed by atoms with E-state index in [1.807, 2.05) is 6.92 Å². The molecule has 94 valence electrons. The van der Waals surface area contributed by atoms with E-state index in [4.69, 9.17) is 5.73 Å². The zero-order chi connectivity index (χ0) is 12.3. The van der Waals surface area contributed by atoms with Crippen molar-refractivity contribution in [2.45, 2.75) is 19.4 Å². The maximum absolute atomic E-state index is 11.9. The number of esters is 1. The van der Waals surface area contributed by atoms with Gasteiger partial charge in [-0.1, -0.05) is 0 Å². The van der Waals surface area contributed by atoms with Crippen molar-refractivity contribution in [3.05, 3.63) is 0 Å². The first-order valence-corrected chi connectivity index (χ1v) is 6.78. The molecule has 1 rings (SSSR count). The molecule has 1 aliphatic rings. The summed E-state index contributed by atoms with van der Waals surface area (Å²) in [6, 6.07) is -0.0943. The van der Waals surface area contributed by atoms with E-state index in [9.17, 15) is 13.2 Å². The average molecular weight is 250 g/mol. The molecule has 2 atom stereocenters. The van der Waals surface area contributed by atoms with E-state index in [0.29, 0.717) is 13.1 Å². The van der Waals surface area contributed by atoms with Crippen LogP contribution in [0.2, 0.25) is 0 Å². The van der Waals surface area contributed by atoms with Gasteiger partial charge in [0, 0.05) is 12.6 Å². The number of nitrogens with two attached hydrogens (primary N) is 1. The van der Waals surface area contributed by atoms with Gasteiger partial charge < -0.3 is 10.5 Å². The summed E-state index contributed by atoms with van der Waals surface area (Å²) < 4.78 is 29.4. The molecule has 0 aromatic rings. The van der Waals surface area contributed by atoms with E-state index in [2.05, 4.69) is 4.74 Å². The number of hydrogen-bond donors (Lipinski definition) is 1. The normalized spacial score (nSPS) is 26.9. The molecule has 6 nitrogen and oxygen atoms in total. The molecule has 1 fully saturated rings. The van der Waals surface area contributed by atoms with Gasteiger partial charge in [0.25, 0.3) is 0 Å². The van der Waals surface area contributed by atoms with Crippen molar-refractivity contribution in [1.29, 1.82) is 0 Å². The first kappa shape index (κ1) is 13.4. The van der Waals surface area contributed by atoms with Crippen molar-refractivity contribution in [2.75, 3.05) is 26.0 Å². The van der Waals surface area contributed by atoms with Crippen molar-refractivity contribution in [3.8, 4) is 0 Å². The summed E-state index contributed by atoms with van der Waals surface area (Å²) in [4.78, 5) is 11.0. The molecule has 0 aliphatic carbocycles. The van der Waals surface area contributed by atoms with Crippen LogP contribution in [-0.2, 0) is 19.6 Å². The van der Waals surface area contributed by atoms with Gasteiger partial charge in [0.15, 0.2) is 5.75 Å². The Bertz CT molecular complexity index is 355. The highest BCUT2D eigenvalue weighted by Gasteiger charge is 2.37. The number of carbonyl (C=O) groups is 1. The Kier molecular flexibility index (Phi) is 4.28. The van der Waals surface area contributed by atoms with Crippen LogP contribution in [0.25, 0.3) is 0 Å². The van der Waals surface area contributed by atoms with Gasteiger partial charge in [0.05, 0.1) is 7.11 Å². The van der Waals surface area contributed by atoms with Gasteiger partial charge in [-0.05, 0) is 25.8 Å². The Morgan fingerprint density at radius 1 is 1.56 bits per heavy atom. The maximum atomic E-state index is 11.9. The predicted molar refractivity (Wildman–Crippen MR) is 59.1 cm³/mol. The summed E-state index contributed by atoms with van der Waals surface area (Å²) in [7, 11) is -2.39. The Labute approximate surface area is 95.8 Å². The van der Waals surface area contributed by atoms with Gasteiger partial charge in [0.2, 0.25) is 10.0 Å². The molecular formula is C9H18N2O4S. The number of carbonyl (C=O) groups excluding carboxylic acids is 1. The van der Waals surface area contributed by atoms with Crippen LogP contribution in [0.1, 0.15) is 13.3 Å². The molecule has 2 unspecified atom stereocenters. The minimum atomic E-state index is -3.56. The second kappa shape index (κ2) is 5.11. The van der Waals surface area contributed by atoms with Gasteiger partial charge in [-0.3, -0.25) is 4.79 Å². The van der Waals surface area contributed by atoms with E-state index < -0.39 is 21.7 Å². The van der Waals surface area contributed by atoms with Gasteiger partial charge in [0.1, 0.15) is 0 Å². The molecule has 1 aliphatic heterocycles. The molecule has 0 saturated carbocycles. The zero-order valence-corrected chi connectivity index (χ0v) is 10.4.